The van der Waals surface area contributed by atoms with Crippen LogP contribution in [0.2, 0.25) is 0 Å². The minimum absolute atomic E-state index is 0.178. The van der Waals surface area contributed by atoms with Gasteiger partial charge in [0.1, 0.15) is 6.29 Å². The molecule has 7 nitrogen and oxygen atoms in total. The van der Waals surface area contributed by atoms with Crippen LogP contribution in [0.25, 0.3) is 0 Å². The van der Waals surface area contributed by atoms with E-state index in [1.54, 1.807) is 0 Å². The topological polar surface area (TPSA) is 139 Å². The Labute approximate surface area is 141 Å². The maximum atomic E-state index is 10.9. The monoisotopic (exact) mass is 370 g/mol. The van der Waals surface area contributed by atoms with E-state index in [4.69, 9.17) is 4.89 Å². The maximum Gasteiger partial charge on any atom is 0.131 e. The largest absolute Gasteiger partial charge is 0.687 e. The molecule has 0 bridgehead atoms. The molecule has 0 saturated carbocycles. The van der Waals surface area contributed by atoms with E-state index in [9.17, 15) is 24.5 Å². The lowest BCUT2D eigenvalue weighted by Gasteiger charge is -2.46. The lowest BCUT2D eigenvalue weighted by molar-refractivity contribution is -0.429. The maximum absolute atomic E-state index is 10.9. The van der Waals surface area contributed by atoms with Gasteiger partial charge in [-0.15, -0.1) is 7.94 Å². The fraction of sp³-hybridized carbons (Fsp3) is 1.00. The first kappa shape index (κ1) is 23.6. The fourth-order valence-electron chi connectivity index (χ4n) is 2.51. The Morgan fingerprint density at radius 3 is 1.52 bits per heavy atom. The van der Waals surface area contributed by atoms with Crippen molar-refractivity contribution in [3.63, 3.8) is 0 Å². The predicted molar refractivity (Wildman–Crippen MR) is 84.3 cm³/mol. The molecule has 0 heterocycles. The van der Waals surface area contributed by atoms with Crippen molar-refractivity contribution in [3.05, 3.63) is 0 Å². The summed E-state index contributed by atoms with van der Waals surface area (Å²) < 4.78 is 0. The molecule has 0 aliphatic heterocycles. The van der Waals surface area contributed by atoms with E-state index in [0.717, 1.165) is 24.2 Å². The first-order valence-electron chi connectivity index (χ1n) is 8.40. The van der Waals surface area contributed by atoms with E-state index in [1.165, 1.54) is 38.5 Å². The Bertz CT molecular complexity index is 267. The third kappa shape index (κ3) is 18.8. The normalized spacial score (nSPS) is 13.0. The average Bonchev–Trinajstić information content (AvgIpc) is 2.37. The van der Waals surface area contributed by atoms with Gasteiger partial charge in [0, 0.05) is 6.54 Å². The van der Waals surface area contributed by atoms with Crippen LogP contribution in [0.5, 0.6) is 0 Å². The second-order valence-electron chi connectivity index (χ2n) is 6.11. The average molecular weight is 370 g/mol. The SMILES string of the molecule is CCCCCCCCCCCCN(C[P+]([O-])([O-])[O-])C[P+]([O-])([O-])O. The Hall–Kier alpha value is 0.580. The Morgan fingerprint density at radius 2 is 1.13 bits per heavy atom. The molecular formula is C14H30NO6P2-3. The van der Waals surface area contributed by atoms with Crippen LogP contribution in [0.15, 0.2) is 0 Å². The molecule has 0 saturated heterocycles. The second-order valence-corrected chi connectivity index (χ2v) is 9.17. The summed E-state index contributed by atoms with van der Waals surface area (Å²) in [6.07, 6.45) is 9.38. The first-order valence-corrected chi connectivity index (χ1v) is 11.9. The lowest BCUT2D eigenvalue weighted by atomic mass is 10.1. The molecule has 0 rings (SSSR count). The van der Waals surface area contributed by atoms with Crippen molar-refractivity contribution in [2.24, 2.45) is 0 Å². The van der Waals surface area contributed by atoms with Gasteiger partial charge in [-0.1, -0.05) is 64.7 Å². The number of hydrogen-bond donors (Lipinski definition) is 1. The van der Waals surface area contributed by atoms with Crippen molar-refractivity contribution >= 4 is 15.9 Å². The number of hydrogen-bond acceptors (Lipinski definition) is 7. The summed E-state index contributed by atoms with van der Waals surface area (Å²) in [5.41, 5.74) is 0. The van der Waals surface area contributed by atoms with Crippen molar-refractivity contribution in [3.8, 4) is 0 Å². The highest BCUT2D eigenvalue weighted by molar-refractivity contribution is 7.56. The van der Waals surface area contributed by atoms with Gasteiger partial charge in [-0.05, 0) is 6.42 Å². The van der Waals surface area contributed by atoms with Gasteiger partial charge in [-0.2, -0.15) is 0 Å². The summed E-state index contributed by atoms with van der Waals surface area (Å²) in [6, 6.07) is 0. The summed E-state index contributed by atoms with van der Waals surface area (Å²) in [5, 5.41) is 0. The predicted octanol–water partition coefficient (Wildman–Crippen LogP) is -0.557. The van der Waals surface area contributed by atoms with Gasteiger partial charge in [0.25, 0.3) is 0 Å². The van der Waals surface area contributed by atoms with E-state index < -0.39 is 28.5 Å². The van der Waals surface area contributed by atoms with Gasteiger partial charge < -0.3 is 24.5 Å². The highest BCUT2D eigenvalue weighted by Crippen LogP contribution is 2.38. The number of unbranched alkanes of at least 4 members (excludes halogenated alkanes) is 9. The smallest absolute Gasteiger partial charge is 0.131 e. The molecule has 140 valence electrons. The molecule has 0 spiro atoms. The number of nitrogens with zero attached hydrogens (tertiary/aromatic N) is 1. The standard InChI is InChI=1S/C14H33NO6P2/c1-2-3-4-5-6-7-8-9-10-11-12-15(13-22(16,17)18)14-23(19,20)21/h2-14H2,1H3,(H2,16,17,18)(H2,19,20,21)/p-3. The minimum atomic E-state index is -4.83. The Kier molecular flexibility index (Phi) is 13.2. The van der Waals surface area contributed by atoms with Gasteiger partial charge in [0.15, 0.2) is 0 Å². The summed E-state index contributed by atoms with van der Waals surface area (Å²) in [7, 11) is -9.44. The highest BCUT2D eigenvalue weighted by atomic mass is 31.2. The van der Waals surface area contributed by atoms with Crippen LogP contribution >= 0.6 is 15.9 Å². The molecule has 0 radical (unpaired) electrons. The molecule has 0 aromatic carbocycles. The molecule has 9 heteroatoms. The zero-order chi connectivity index (χ0) is 17.8. The summed E-state index contributed by atoms with van der Waals surface area (Å²) in [6.45, 7) is 2.36. The van der Waals surface area contributed by atoms with Crippen molar-refractivity contribution in [2.45, 2.75) is 71.1 Å². The highest BCUT2D eigenvalue weighted by Gasteiger charge is 2.18. The van der Waals surface area contributed by atoms with Gasteiger partial charge >= 0.3 is 0 Å². The number of rotatable bonds is 15. The Morgan fingerprint density at radius 1 is 0.696 bits per heavy atom. The molecule has 0 unspecified atom stereocenters. The zero-order valence-electron chi connectivity index (χ0n) is 14.0. The molecule has 0 aromatic rings. The minimum Gasteiger partial charge on any atom is -0.687 e. The molecular weight excluding hydrogens is 340 g/mol. The fourth-order valence-corrected chi connectivity index (χ4v) is 4.14. The summed E-state index contributed by atoms with van der Waals surface area (Å²) in [4.78, 5) is 63.8. The molecule has 23 heavy (non-hydrogen) atoms. The second kappa shape index (κ2) is 12.9. The first-order chi connectivity index (χ1) is 10.6. The van der Waals surface area contributed by atoms with Crippen molar-refractivity contribution < 1.29 is 29.4 Å². The van der Waals surface area contributed by atoms with E-state index in [0.29, 0.717) is 6.42 Å². The third-order valence-electron chi connectivity index (χ3n) is 3.58. The quantitative estimate of drug-likeness (QED) is 0.301. The van der Waals surface area contributed by atoms with Crippen molar-refractivity contribution in [1.29, 1.82) is 0 Å². The molecule has 0 aliphatic carbocycles. The van der Waals surface area contributed by atoms with Crippen LogP contribution in [0.3, 0.4) is 0 Å². The van der Waals surface area contributed by atoms with Gasteiger partial charge in [-0.3, -0.25) is 4.89 Å². The van der Waals surface area contributed by atoms with Gasteiger partial charge in [0.05, 0.1) is 14.2 Å². The van der Waals surface area contributed by atoms with Crippen LogP contribution in [0.4, 0.5) is 0 Å². The van der Waals surface area contributed by atoms with Crippen LogP contribution in [-0.2, 0) is 0 Å². The van der Waals surface area contributed by atoms with Gasteiger partial charge in [0.2, 0.25) is 0 Å². The van der Waals surface area contributed by atoms with E-state index in [-0.39, 0.29) is 6.54 Å². The molecule has 0 amide bonds. The van der Waals surface area contributed by atoms with E-state index in [1.807, 2.05) is 0 Å². The third-order valence-corrected chi connectivity index (χ3v) is 5.08. The molecule has 1 N–H and O–H groups in total. The van der Waals surface area contributed by atoms with Crippen LogP contribution in [-0.4, -0.2) is 28.9 Å². The van der Waals surface area contributed by atoms with Crippen LogP contribution in [0.1, 0.15) is 71.1 Å². The van der Waals surface area contributed by atoms with Crippen LogP contribution < -0.4 is 24.5 Å². The summed E-state index contributed by atoms with van der Waals surface area (Å²) >= 11 is 0. The van der Waals surface area contributed by atoms with E-state index in [2.05, 4.69) is 6.92 Å². The van der Waals surface area contributed by atoms with Crippen molar-refractivity contribution in [2.75, 3.05) is 19.1 Å². The molecule has 0 aliphatic rings. The molecule has 0 fully saturated rings. The zero-order valence-corrected chi connectivity index (χ0v) is 15.8. The Balaban J connectivity index is 3.74. The van der Waals surface area contributed by atoms with E-state index >= 15 is 0 Å². The van der Waals surface area contributed by atoms with Crippen molar-refractivity contribution in [1.82, 2.24) is 4.90 Å². The molecule has 0 atom stereocenters. The molecule has 0 aromatic heterocycles. The summed E-state index contributed by atoms with van der Waals surface area (Å²) in [5.74, 6) is 0. The lowest BCUT2D eigenvalue weighted by Crippen LogP contribution is -2.44. The van der Waals surface area contributed by atoms with Crippen LogP contribution in [0, 0.1) is 0 Å². The van der Waals surface area contributed by atoms with Gasteiger partial charge in [-0.25, -0.2) is 4.90 Å².